The molecule has 0 aliphatic carbocycles. The lowest BCUT2D eigenvalue weighted by Crippen LogP contribution is -2.53. The second kappa shape index (κ2) is 7.60. The summed E-state index contributed by atoms with van der Waals surface area (Å²) in [5, 5.41) is 11.7. The number of para-hydroxylation sites is 2. The summed E-state index contributed by atoms with van der Waals surface area (Å²) in [4.78, 5) is 43.6. The summed E-state index contributed by atoms with van der Waals surface area (Å²) in [6.45, 7) is 0.459. The minimum Gasteiger partial charge on any atom is -0.503 e. The quantitative estimate of drug-likeness (QED) is 0.461. The number of rotatable bonds is 6. The SMILES string of the molecule is COCCCN1C(=O)C(O)=C(C(=O)c2cc3ccccc3o2)[C@]12C(=O)N(C)c1ccccc12. The lowest BCUT2D eigenvalue weighted by Gasteiger charge is -2.35. The zero-order chi connectivity index (χ0) is 23.3. The van der Waals surface area contributed by atoms with E-state index in [9.17, 15) is 19.5 Å². The molecule has 0 saturated heterocycles. The highest BCUT2D eigenvalue weighted by Crippen LogP contribution is 2.53. The van der Waals surface area contributed by atoms with Crippen molar-refractivity contribution in [3.8, 4) is 0 Å². The van der Waals surface area contributed by atoms with Crippen LogP contribution in [-0.2, 0) is 19.9 Å². The maximum Gasteiger partial charge on any atom is 0.290 e. The highest BCUT2D eigenvalue weighted by atomic mass is 16.5. The number of ketones is 1. The zero-order valence-corrected chi connectivity index (χ0v) is 18.2. The van der Waals surface area contributed by atoms with Crippen molar-refractivity contribution in [3.05, 3.63) is 77.3 Å². The summed E-state index contributed by atoms with van der Waals surface area (Å²) in [5.41, 5.74) is -0.545. The predicted molar refractivity (Wildman–Crippen MR) is 120 cm³/mol. The number of furan rings is 1. The van der Waals surface area contributed by atoms with E-state index in [-0.39, 0.29) is 17.9 Å². The molecule has 2 aliphatic rings. The summed E-state index contributed by atoms with van der Waals surface area (Å²) in [7, 11) is 3.13. The maximum atomic E-state index is 13.8. The Hall–Kier alpha value is -3.91. The number of fused-ring (bicyclic) bond motifs is 3. The summed E-state index contributed by atoms with van der Waals surface area (Å²) in [5.74, 6) is -2.76. The smallest absolute Gasteiger partial charge is 0.290 e. The lowest BCUT2D eigenvalue weighted by atomic mass is 9.81. The third-order valence-electron chi connectivity index (χ3n) is 6.33. The number of ether oxygens (including phenoxy) is 1. The van der Waals surface area contributed by atoms with Crippen molar-refractivity contribution in [1.29, 1.82) is 0 Å². The molecule has 0 bridgehead atoms. The molecule has 2 aromatic carbocycles. The predicted octanol–water partition coefficient (Wildman–Crippen LogP) is 3.18. The maximum absolute atomic E-state index is 13.8. The second-order valence-corrected chi connectivity index (χ2v) is 8.10. The molecule has 2 amide bonds. The van der Waals surface area contributed by atoms with Gasteiger partial charge in [0, 0.05) is 43.9 Å². The van der Waals surface area contributed by atoms with E-state index >= 15 is 0 Å². The van der Waals surface area contributed by atoms with Crippen LogP contribution in [-0.4, -0.2) is 54.9 Å². The van der Waals surface area contributed by atoms with Gasteiger partial charge in [0.15, 0.2) is 17.1 Å². The monoisotopic (exact) mass is 446 g/mol. The highest BCUT2D eigenvalue weighted by Gasteiger charge is 2.65. The molecule has 1 spiro atoms. The third-order valence-corrected chi connectivity index (χ3v) is 6.33. The average molecular weight is 446 g/mol. The van der Waals surface area contributed by atoms with Crippen molar-refractivity contribution in [2.45, 2.75) is 12.0 Å². The van der Waals surface area contributed by atoms with Crippen LogP contribution in [0.5, 0.6) is 0 Å². The Morgan fingerprint density at radius 3 is 2.61 bits per heavy atom. The van der Waals surface area contributed by atoms with E-state index in [2.05, 4.69) is 0 Å². The number of anilines is 1. The lowest BCUT2D eigenvalue weighted by molar-refractivity contribution is -0.139. The molecule has 3 aromatic rings. The molecule has 0 radical (unpaired) electrons. The van der Waals surface area contributed by atoms with Crippen LogP contribution in [0.2, 0.25) is 0 Å². The molecule has 33 heavy (non-hydrogen) atoms. The summed E-state index contributed by atoms with van der Waals surface area (Å²) < 4.78 is 10.9. The van der Waals surface area contributed by atoms with Crippen LogP contribution in [0.15, 0.2) is 70.3 Å². The van der Waals surface area contributed by atoms with Crippen LogP contribution in [0.3, 0.4) is 0 Å². The van der Waals surface area contributed by atoms with E-state index in [0.717, 1.165) is 0 Å². The van der Waals surface area contributed by atoms with Gasteiger partial charge in [0.25, 0.3) is 11.8 Å². The molecule has 5 rings (SSSR count). The van der Waals surface area contributed by atoms with E-state index in [1.165, 1.54) is 16.9 Å². The Bertz CT molecular complexity index is 1310. The number of nitrogens with zero attached hydrogens (tertiary/aromatic N) is 2. The normalized spacial score (nSPS) is 19.9. The van der Waals surface area contributed by atoms with Gasteiger partial charge in [-0.2, -0.15) is 0 Å². The van der Waals surface area contributed by atoms with Gasteiger partial charge in [0.2, 0.25) is 5.78 Å². The van der Waals surface area contributed by atoms with Gasteiger partial charge in [0.1, 0.15) is 5.58 Å². The number of aliphatic hydroxyl groups is 1. The van der Waals surface area contributed by atoms with Gasteiger partial charge in [-0.15, -0.1) is 0 Å². The minimum atomic E-state index is -1.78. The number of likely N-dealkylation sites (N-methyl/N-ethyl adjacent to an activating group) is 1. The molecule has 0 saturated carbocycles. The van der Waals surface area contributed by atoms with Crippen molar-refractivity contribution in [1.82, 2.24) is 4.90 Å². The number of carbonyl (C=O) groups is 3. The van der Waals surface area contributed by atoms with Crippen LogP contribution < -0.4 is 4.90 Å². The van der Waals surface area contributed by atoms with Gasteiger partial charge in [-0.25, -0.2) is 0 Å². The Kier molecular flexibility index (Phi) is 4.83. The molecule has 8 nitrogen and oxygen atoms in total. The van der Waals surface area contributed by atoms with E-state index in [0.29, 0.717) is 35.2 Å². The molecule has 1 aromatic heterocycles. The molecule has 3 heterocycles. The van der Waals surface area contributed by atoms with Crippen LogP contribution in [0, 0.1) is 0 Å². The standard InChI is InChI=1S/C25H22N2O6/c1-26-17-10-5-4-9-16(17)25(24(26)31)20(22(29)23(30)27(25)12-7-13-32-2)21(28)19-14-15-8-3-6-11-18(15)33-19/h3-6,8-11,14,29H,7,12-13H2,1-2H3/t25-/m1/s1. The topological polar surface area (TPSA) is 100 Å². The third kappa shape index (κ3) is 2.77. The second-order valence-electron chi connectivity index (χ2n) is 8.10. The number of hydrogen-bond donors (Lipinski definition) is 1. The molecule has 8 heteroatoms. The molecule has 2 aliphatic heterocycles. The molecule has 1 atom stereocenters. The average Bonchev–Trinajstić information content (AvgIpc) is 3.43. The van der Waals surface area contributed by atoms with Gasteiger partial charge in [-0.05, 0) is 24.6 Å². The minimum absolute atomic E-state index is 0.0523. The van der Waals surface area contributed by atoms with Crippen molar-refractivity contribution >= 4 is 34.3 Å². The fourth-order valence-corrected chi connectivity index (χ4v) is 4.86. The number of amides is 2. The Morgan fingerprint density at radius 1 is 1.12 bits per heavy atom. The number of methoxy groups -OCH3 is 1. The van der Waals surface area contributed by atoms with Crippen molar-refractivity contribution < 1.29 is 28.6 Å². The molecule has 0 unspecified atom stereocenters. The van der Waals surface area contributed by atoms with E-state index in [1.54, 1.807) is 55.6 Å². The fourth-order valence-electron chi connectivity index (χ4n) is 4.86. The van der Waals surface area contributed by atoms with Crippen LogP contribution in [0.1, 0.15) is 22.5 Å². The van der Waals surface area contributed by atoms with Gasteiger partial charge in [-0.3, -0.25) is 14.4 Å². The van der Waals surface area contributed by atoms with Crippen LogP contribution in [0.25, 0.3) is 11.0 Å². The van der Waals surface area contributed by atoms with Gasteiger partial charge >= 0.3 is 0 Å². The van der Waals surface area contributed by atoms with Gasteiger partial charge < -0.3 is 24.1 Å². The first kappa shape index (κ1) is 21.0. The molecular weight excluding hydrogens is 424 g/mol. The van der Waals surface area contributed by atoms with E-state index in [1.807, 2.05) is 6.07 Å². The molecule has 168 valence electrons. The van der Waals surface area contributed by atoms with Crippen molar-refractivity contribution in [3.63, 3.8) is 0 Å². The van der Waals surface area contributed by atoms with Gasteiger partial charge in [-0.1, -0.05) is 36.4 Å². The van der Waals surface area contributed by atoms with Crippen LogP contribution >= 0.6 is 0 Å². The zero-order valence-electron chi connectivity index (χ0n) is 18.2. The number of Topliss-reactive ketones (excluding diaryl/α,β-unsaturated/α-hetero) is 1. The van der Waals surface area contributed by atoms with E-state index in [4.69, 9.17) is 9.15 Å². The Balaban J connectivity index is 1.72. The highest BCUT2D eigenvalue weighted by molar-refractivity contribution is 6.26. The fraction of sp³-hybridized carbons (Fsp3) is 0.240. The van der Waals surface area contributed by atoms with Crippen molar-refractivity contribution in [2.24, 2.45) is 0 Å². The first-order valence-electron chi connectivity index (χ1n) is 10.6. The number of aliphatic hydroxyl groups excluding tert-OH is 1. The summed E-state index contributed by atoms with van der Waals surface area (Å²) >= 11 is 0. The first-order valence-corrected chi connectivity index (χ1v) is 10.6. The number of benzene rings is 2. The number of carbonyl (C=O) groups excluding carboxylic acids is 3. The van der Waals surface area contributed by atoms with Crippen molar-refractivity contribution in [2.75, 3.05) is 32.2 Å². The Morgan fingerprint density at radius 2 is 1.85 bits per heavy atom. The van der Waals surface area contributed by atoms with E-state index < -0.39 is 28.9 Å². The van der Waals surface area contributed by atoms with Gasteiger partial charge in [0.05, 0.1) is 5.57 Å². The molecule has 1 N–H and O–H groups in total. The summed E-state index contributed by atoms with van der Waals surface area (Å²) in [6, 6.07) is 15.6. The summed E-state index contributed by atoms with van der Waals surface area (Å²) in [6.07, 6.45) is 0.419. The molecular formula is C25H22N2O6. The largest absolute Gasteiger partial charge is 0.503 e. The molecule has 0 fully saturated rings. The van der Waals surface area contributed by atoms with Crippen LogP contribution in [0.4, 0.5) is 5.69 Å². The Labute approximate surface area is 189 Å². The number of hydrogen-bond acceptors (Lipinski definition) is 6. The first-order chi connectivity index (χ1) is 15.9.